The summed E-state index contributed by atoms with van der Waals surface area (Å²) < 4.78 is 0. The van der Waals surface area contributed by atoms with E-state index in [1.54, 1.807) is 0 Å². The predicted molar refractivity (Wildman–Crippen MR) is 88.4 cm³/mol. The molecule has 116 valence electrons. The van der Waals surface area contributed by atoms with Crippen LogP contribution >= 0.6 is 0 Å². The van der Waals surface area contributed by atoms with E-state index < -0.39 is 6.03 Å². The monoisotopic (exact) mass is 289 g/mol. The van der Waals surface area contributed by atoms with Crippen LogP contribution < -0.4 is 16.4 Å². The molecule has 0 aliphatic heterocycles. The second kappa shape index (κ2) is 6.83. The van der Waals surface area contributed by atoms with Gasteiger partial charge in [0.25, 0.3) is 0 Å². The van der Waals surface area contributed by atoms with Crippen LogP contribution in [-0.4, -0.2) is 12.1 Å². The summed E-state index contributed by atoms with van der Waals surface area (Å²) in [4.78, 5) is 10.9. The van der Waals surface area contributed by atoms with Gasteiger partial charge in [-0.3, -0.25) is 0 Å². The van der Waals surface area contributed by atoms with E-state index >= 15 is 0 Å². The van der Waals surface area contributed by atoms with Crippen molar-refractivity contribution in [1.82, 2.24) is 0 Å². The molecule has 1 aliphatic rings. The Hall–Kier alpha value is -1.71. The summed E-state index contributed by atoms with van der Waals surface area (Å²) >= 11 is 0. The second-order valence-electron chi connectivity index (χ2n) is 6.65. The van der Waals surface area contributed by atoms with E-state index in [1.165, 1.54) is 19.3 Å². The highest BCUT2D eigenvalue weighted by Crippen LogP contribution is 2.35. The van der Waals surface area contributed by atoms with Gasteiger partial charge in [-0.1, -0.05) is 33.3 Å². The first kappa shape index (κ1) is 15.7. The Bertz CT molecular complexity index is 487. The molecule has 1 saturated carbocycles. The Morgan fingerprint density at radius 3 is 2.67 bits per heavy atom. The summed E-state index contributed by atoms with van der Waals surface area (Å²) in [7, 11) is 0. The van der Waals surface area contributed by atoms with Gasteiger partial charge in [0, 0.05) is 17.4 Å². The van der Waals surface area contributed by atoms with Crippen molar-refractivity contribution in [3.05, 3.63) is 24.3 Å². The molecule has 0 heterocycles. The Morgan fingerprint density at radius 1 is 1.29 bits per heavy atom. The smallest absolute Gasteiger partial charge is 0.316 e. The molecular weight excluding hydrogens is 262 g/mol. The Balaban J connectivity index is 2.09. The molecule has 0 bridgehead atoms. The van der Waals surface area contributed by atoms with Crippen LogP contribution in [0.4, 0.5) is 16.2 Å². The van der Waals surface area contributed by atoms with Crippen molar-refractivity contribution in [2.45, 2.75) is 46.1 Å². The lowest BCUT2D eigenvalue weighted by Crippen LogP contribution is -2.37. The minimum atomic E-state index is -0.529. The van der Waals surface area contributed by atoms with E-state index in [0.717, 1.165) is 17.3 Å². The lowest BCUT2D eigenvalue weighted by Gasteiger charge is -2.38. The van der Waals surface area contributed by atoms with Crippen LogP contribution in [-0.2, 0) is 0 Å². The Labute approximate surface area is 127 Å². The summed E-state index contributed by atoms with van der Waals surface area (Å²) in [5, 5.41) is 6.29. The highest BCUT2D eigenvalue weighted by molar-refractivity contribution is 5.88. The fraction of sp³-hybridized carbons (Fsp3) is 0.588. The van der Waals surface area contributed by atoms with Gasteiger partial charge >= 0.3 is 6.03 Å². The minimum absolute atomic E-state index is 0.498. The number of amides is 2. The van der Waals surface area contributed by atoms with Crippen molar-refractivity contribution >= 4 is 17.4 Å². The van der Waals surface area contributed by atoms with Gasteiger partial charge in [0.15, 0.2) is 0 Å². The summed E-state index contributed by atoms with van der Waals surface area (Å²) in [5.41, 5.74) is 6.95. The first-order valence-electron chi connectivity index (χ1n) is 7.88. The molecule has 4 heteroatoms. The third-order valence-electron chi connectivity index (χ3n) is 4.50. The molecule has 4 N–H and O–H groups in total. The molecule has 4 nitrogen and oxygen atoms in total. The Morgan fingerprint density at radius 2 is 2.00 bits per heavy atom. The van der Waals surface area contributed by atoms with Crippen LogP contribution in [0.15, 0.2) is 24.3 Å². The van der Waals surface area contributed by atoms with Gasteiger partial charge in [0.05, 0.1) is 0 Å². The molecule has 0 saturated heterocycles. The van der Waals surface area contributed by atoms with Crippen molar-refractivity contribution in [3.8, 4) is 0 Å². The highest BCUT2D eigenvalue weighted by Gasteiger charge is 2.30. The molecule has 2 amide bonds. The van der Waals surface area contributed by atoms with Gasteiger partial charge in [-0.05, 0) is 48.8 Å². The van der Waals surface area contributed by atoms with Crippen molar-refractivity contribution in [1.29, 1.82) is 0 Å². The van der Waals surface area contributed by atoms with Crippen LogP contribution in [0.3, 0.4) is 0 Å². The van der Waals surface area contributed by atoms with Gasteiger partial charge in [0.2, 0.25) is 0 Å². The van der Waals surface area contributed by atoms with E-state index in [4.69, 9.17) is 5.73 Å². The number of hydrogen-bond donors (Lipinski definition) is 3. The SMILES string of the molecule is CC1CCC(C(C)C)C(Nc2cccc(NC(N)=O)c2)C1. The average molecular weight is 289 g/mol. The Kier molecular flexibility index (Phi) is 5.10. The first-order valence-corrected chi connectivity index (χ1v) is 7.88. The van der Waals surface area contributed by atoms with Crippen LogP contribution in [0, 0.1) is 17.8 Å². The molecule has 3 atom stereocenters. The molecule has 21 heavy (non-hydrogen) atoms. The van der Waals surface area contributed by atoms with Gasteiger partial charge in [0.1, 0.15) is 0 Å². The molecule has 0 radical (unpaired) electrons. The van der Waals surface area contributed by atoms with E-state index in [-0.39, 0.29) is 0 Å². The molecule has 0 spiro atoms. The average Bonchev–Trinajstić information content (AvgIpc) is 2.38. The summed E-state index contributed by atoms with van der Waals surface area (Å²) in [6.07, 6.45) is 3.82. The number of primary amides is 1. The van der Waals surface area contributed by atoms with Crippen molar-refractivity contribution < 1.29 is 4.79 Å². The number of nitrogens with two attached hydrogens (primary N) is 1. The van der Waals surface area contributed by atoms with Crippen molar-refractivity contribution in [2.24, 2.45) is 23.5 Å². The molecule has 1 aromatic rings. The van der Waals surface area contributed by atoms with Crippen LogP contribution in [0.1, 0.15) is 40.0 Å². The molecule has 0 aromatic heterocycles. The molecule has 1 fully saturated rings. The van der Waals surface area contributed by atoms with Gasteiger partial charge in [-0.2, -0.15) is 0 Å². The molecular formula is C17H27N3O. The minimum Gasteiger partial charge on any atom is -0.382 e. The van der Waals surface area contributed by atoms with E-state index in [0.29, 0.717) is 17.9 Å². The summed E-state index contributed by atoms with van der Waals surface area (Å²) in [6, 6.07) is 7.74. The number of hydrogen-bond acceptors (Lipinski definition) is 2. The van der Waals surface area contributed by atoms with Gasteiger partial charge in [-0.15, -0.1) is 0 Å². The van der Waals surface area contributed by atoms with Crippen LogP contribution in [0.25, 0.3) is 0 Å². The number of carbonyl (C=O) groups is 1. The second-order valence-corrected chi connectivity index (χ2v) is 6.65. The maximum Gasteiger partial charge on any atom is 0.316 e. The zero-order valence-electron chi connectivity index (χ0n) is 13.2. The largest absolute Gasteiger partial charge is 0.382 e. The third-order valence-corrected chi connectivity index (χ3v) is 4.50. The number of urea groups is 1. The highest BCUT2D eigenvalue weighted by atomic mass is 16.2. The number of benzene rings is 1. The van der Waals surface area contributed by atoms with Crippen molar-refractivity contribution in [2.75, 3.05) is 10.6 Å². The topological polar surface area (TPSA) is 67.2 Å². The fourth-order valence-corrected chi connectivity index (χ4v) is 3.41. The number of nitrogens with one attached hydrogen (secondary N) is 2. The van der Waals surface area contributed by atoms with Crippen molar-refractivity contribution in [3.63, 3.8) is 0 Å². The number of anilines is 2. The fourth-order valence-electron chi connectivity index (χ4n) is 3.41. The standard InChI is InChI=1S/C17H27N3O/c1-11(2)15-8-7-12(3)9-16(15)19-13-5-4-6-14(10-13)20-17(18)21/h4-6,10-12,15-16,19H,7-9H2,1-3H3,(H3,18,20,21). The maximum atomic E-state index is 10.9. The van der Waals surface area contributed by atoms with E-state index in [1.807, 2.05) is 24.3 Å². The van der Waals surface area contributed by atoms with Crippen LogP contribution in [0.5, 0.6) is 0 Å². The lowest BCUT2D eigenvalue weighted by molar-refractivity contribution is 0.212. The van der Waals surface area contributed by atoms with E-state index in [2.05, 4.69) is 31.4 Å². The molecule has 1 aliphatic carbocycles. The van der Waals surface area contributed by atoms with Crippen LogP contribution in [0.2, 0.25) is 0 Å². The molecule has 3 unspecified atom stereocenters. The maximum absolute atomic E-state index is 10.9. The predicted octanol–water partition coefficient (Wildman–Crippen LogP) is 4.05. The normalized spacial score (nSPS) is 25.6. The molecule has 1 aromatic carbocycles. The van der Waals surface area contributed by atoms with Gasteiger partial charge in [-0.25, -0.2) is 4.79 Å². The zero-order chi connectivity index (χ0) is 15.4. The summed E-state index contributed by atoms with van der Waals surface area (Å²) in [5.74, 6) is 2.15. The quantitative estimate of drug-likeness (QED) is 0.782. The molecule has 2 rings (SSSR count). The lowest BCUT2D eigenvalue weighted by atomic mass is 9.74. The number of carbonyl (C=O) groups excluding carboxylic acids is 1. The third kappa shape index (κ3) is 4.38. The zero-order valence-corrected chi connectivity index (χ0v) is 13.2. The first-order chi connectivity index (χ1) is 9.95. The van der Waals surface area contributed by atoms with E-state index in [9.17, 15) is 4.79 Å². The number of rotatable bonds is 4. The van der Waals surface area contributed by atoms with Gasteiger partial charge < -0.3 is 16.4 Å². The summed E-state index contributed by atoms with van der Waals surface area (Å²) in [6.45, 7) is 6.94.